The van der Waals surface area contributed by atoms with Gasteiger partial charge in [0.05, 0.1) is 11.5 Å². The molecule has 1 aromatic carbocycles. The third kappa shape index (κ3) is 4.76. The number of carboxylic acids is 1. The van der Waals surface area contributed by atoms with Crippen molar-refractivity contribution in [2.24, 2.45) is 5.92 Å². The van der Waals surface area contributed by atoms with Crippen LogP contribution in [-0.4, -0.2) is 40.1 Å². The van der Waals surface area contributed by atoms with Crippen LogP contribution in [0.15, 0.2) is 30.5 Å². The van der Waals surface area contributed by atoms with E-state index in [-0.39, 0.29) is 6.54 Å². The topological polar surface area (TPSA) is 82.5 Å². The number of nitrogens with one attached hydrogen (secondary N) is 1. The zero-order chi connectivity index (χ0) is 19.6. The van der Waals surface area contributed by atoms with Crippen LogP contribution in [0.2, 0.25) is 0 Å². The van der Waals surface area contributed by atoms with E-state index in [1.165, 1.54) is 28.4 Å². The number of likely N-dealkylation sites (tertiary alicyclic amines) is 1. The Morgan fingerprint density at radius 3 is 2.59 bits per heavy atom. The SMILES string of the molecule is O=C(O)C1CCN(C(=O)Nc2ncc(Cc3ccc(C(F)(F)F)cc3)s2)C1. The second kappa shape index (κ2) is 7.55. The van der Waals surface area contributed by atoms with Gasteiger partial charge >= 0.3 is 18.2 Å². The third-order valence-electron chi connectivity index (χ3n) is 4.25. The van der Waals surface area contributed by atoms with Crippen molar-refractivity contribution in [2.45, 2.75) is 19.0 Å². The van der Waals surface area contributed by atoms with Gasteiger partial charge in [0, 0.05) is 30.6 Å². The first-order valence-electron chi connectivity index (χ1n) is 8.12. The molecule has 0 bridgehead atoms. The molecule has 2 heterocycles. The summed E-state index contributed by atoms with van der Waals surface area (Å²) in [5, 5.41) is 12.0. The Balaban J connectivity index is 1.57. The largest absolute Gasteiger partial charge is 0.481 e. The van der Waals surface area contributed by atoms with Crippen molar-refractivity contribution in [1.82, 2.24) is 9.88 Å². The molecule has 10 heteroatoms. The highest BCUT2D eigenvalue weighted by atomic mass is 32.1. The van der Waals surface area contributed by atoms with Crippen LogP contribution in [0.4, 0.5) is 23.1 Å². The average molecular weight is 399 g/mol. The lowest BCUT2D eigenvalue weighted by Crippen LogP contribution is -2.33. The van der Waals surface area contributed by atoms with Gasteiger partial charge in [0.2, 0.25) is 0 Å². The number of carbonyl (C=O) groups is 2. The maximum atomic E-state index is 12.6. The third-order valence-corrected chi connectivity index (χ3v) is 5.16. The van der Waals surface area contributed by atoms with Gasteiger partial charge in [-0.15, -0.1) is 11.3 Å². The van der Waals surface area contributed by atoms with Gasteiger partial charge < -0.3 is 10.0 Å². The maximum Gasteiger partial charge on any atom is 0.416 e. The number of amides is 2. The number of nitrogens with zero attached hydrogens (tertiary/aromatic N) is 2. The average Bonchev–Trinajstić information content (AvgIpc) is 3.24. The first-order chi connectivity index (χ1) is 12.7. The van der Waals surface area contributed by atoms with Crippen LogP contribution in [0.25, 0.3) is 0 Å². The van der Waals surface area contributed by atoms with Crippen molar-refractivity contribution in [2.75, 3.05) is 18.4 Å². The van der Waals surface area contributed by atoms with Crippen molar-refractivity contribution in [3.05, 3.63) is 46.5 Å². The van der Waals surface area contributed by atoms with E-state index < -0.39 is 29.7 Å². The smallest absolute Gasteiger partial charge is 0.416 e. The van der Waals surface area contributed by atoms with E-state index in [1.807, 2.05) is 0 Å². The van der Waals surface area contributed by atoms with Gasteiger partial charge in [-0.3, -0.25) is 10.1 Å². The Kier molecular flexibility index (Phi) is 5.36. The molecular weight excluding hydrogens is 383 g/mol. The molecule has 6 nitrogen and oxygen atoms in total. The van der Waals surface area contributed by atoms with Crippen LogP contribution in [0.1, 0.15) is 22.4 Å². The lowest BCUT2D eigenvalue weighted by Gasteiger charge is -2.15. The minimum Gasteiger partial charge on any atom is -0.481 e. The number of alkyl halides is 3. The first-order valence-corrected chi connectivity index (χ1v) is 8.93. The summed E-state index contributed by atoms with van der Waals surface area (Å²) in [6.45, 7) is 0.525. The number of hydrogen-bond donors (Lipinski definition) is 2. The van der Waals surface area contributed by atoms with Crippen LogP contribution >= 0.6 is 11.3 Å². The minimum atomic E-state index is -4.37. The van der Waals surface area contributed by atoms with E-state index in [9.17, 15) is 22.8 Å². The number of carbonyl (C=O) groups excluding carboxylic acids is 1. The molecule has 0 spiro atoms. The van der Waals surface area contributed by atoms with Crippen LogP contribution in [0, 0.1) is 5.92 Å². The second-order valence-corrected chi connectivity index (χ2v) is 7.32. The molecule has 3 rings (SSSR count). The summed E-state index contributed by atoms with van der Waals surface area (Å²) < 4.78 is 37.7. The Bertz CT molecular complexity index is 836. The van der Waals surface area contributed by atoms with Gasteiger partial charge in [0.25, 0.3) is 0 Å². The van der Waals surface area contributed by atoms with E-state index in [2.05, 4.69) is 10.3 Å². The Hall–Kier alpha value is -2.62. The highest BCUT2D eigenvalue weighted by molar-refractivity contribution is 7.15. The molecule has 2 aromatic rings. The van der Waals surface area contributed by atoms with E-state index in [1.54, 1.807) is 6.20 Å². The van der Waals surface area contributed by atoms with E-state index >= 15 is 0 Å². The molecule has 27 heavy (non-hydrogen) atoms. The van der Waals surface area contributed by atoms with Crippen LogP contribution in [-0.2, 0) is 17.4 Å². The lowest BCUT2D eigenvalue weighted by atomic mass is 10.1. The second-order valence-electron chi connectivity index (χ2n) is 6.20. The molecule has 0 saturated carbocycles. The van der Waals surface area contributed by atoms with Crippen LogP contribution < -0.4 is 5.32 Å². The molecule has 0 radical (unpaired) electrons. The normalized spacial score (nSPS) is 17.1. The molecule has 1 aromatic heterocycles. The monoisotopic (exact) mass is 399 g/mol. The summed E-state index contributed by atoms with van der Waals surface area (Å²) >= 11 is 1.22. The highest BCUT2D eigenvalue weighted by Crippen LogP contribution is 2.30. The minimum absolute atomic E-state index is 0.158. The number of urea groups is 1. The summed E-state index contributed by atoms with van der Waals surface area (Å²) in [7, 11) is 0. The molecule has 0 aliphatic carbocycles. The fourth-order valence-electron chi connectivity index (χ4n) is 2.78. The molecule has 1 aliphatic heterocycles. The zero-order valence-corrected chi connectivity index (χ0v) is 14.8. The molecular formula is C17H16F3N3O3S. The highest BCUT2D eigenvalue weighted by Gasteiger charge is 2.31. The number of aromatic nitrogens is 1. The summed E-state index contributed by atoms with van der Waals surface area (Å²) in [4.78, 5) is 29.4. The number of rotatable bonds is 4. The molecule has 144 valence electrons. The van der Waals surface area contributed by atoms with Crippen LogP contribution in [0.5, 0.6) is 0 Å². The van der Waals surface area contributed by atoms with Crippen molar-refractivity contribution in [3.63, 3.8) is 0 Å². The summed E-state index contributed by atoms with van der Waals surface area (Å²) in [5.74, 6) is -1.47. The van der Waals surface area contributed by atoms with E-state index in [4.69, 9.17) is 5.11 Å². The Morgan fingerprint density at radius 1 is 1.30 bits per heavy atom. The number of aliphatic carboxylic acids is 1. The standard InChI is InChI=1S/C17H16F3N3O3S/c18-17(19,20)12-3-1-10(2-4-12)7-13-8-21-15(27-13)22-16(26)23-6-5-11(9-23)14(24)25/h1-4,8,11H,5-7,9H2,(H,24,25)(H,21,22,26). The van der Waals surface area contributed by atoms with Crippen molar-refractivity contribution in [3.8, 4) is 0 Å². The summed E-state index contributed by atoms with van der Waals surface area (Å²) in [6, 6.07) is 4.49. The molecule has 1 atom stereocenters. The number of thiazole rings is 1. The lowest BCUT2D eigenvalue weighted by molar-refractivity contribution is -0.141. The number of anilines is 1. The van der Waals surface area contributed by atoms with Gasteiger partial charge in [-0.2, -0.15) is 13.2 Å². The van der Waals surface area contributed by atoms with Gasteiger partial charge in [0.15, 0.2) is 5.13 Å². The van der Waals surface area contributed by atoms with Crippen molar-refractivity contribution >= 4 is 28.5 Å². The summed E-state index contributed by atoms with van der Waals surface area (Å²) in [6.07, 6.45) is -1.99. The van der Waals surface area contributed by atoms with Crippen molar-refractivity contribution < 1.29 is 27.9 Å². The van der Waals surface area contributed by atoms with E-state index in [0.29, 0.717) is 30.1 Å². The Labute approximate surface area is 156 Å². The summed E-state index contributed by atoms with van der Waals surface area (Å²) in [5.41, 5.74) is 0.00200. The predicted molar refractivity (Wildman–Crippen MR) is 92.7 cm³/mol. The van der Waals surface area contributed by atoms with Gasteiger partial charge in [0.1, 0.15) is 0 Å². The van der Waals surface area contributed by atoms with Gasteiger partial charge in [-0.25, -0.2) is 9.78 Å². The number of hydrogen-bond acceptors (Lipinski definition) is 4. The van der Waals surface area contributed by atoms with Gasteiger partial charge in [-0.05, 0) is 24.1 Å². The first kappa shape index (κ1) is 19.2. The number of benzene rings is 1. The van der Waals surface area contributed by atoms with Crippen molar-refractivity contribution in [1.29, 1.82) is 0 Å². The molecule has 1 aliphatic rings. The maximum absolute atomic E-state index is 12.6. The molecule has 2 N–H and O–H groups in total. The van der Waals surface area contributed by atoms with Crippen LogP contribution in [0.3, 0.4) is 0 Å². The Morgan fingerprint density at radius 2 is 2.00 bits per heavy atom. The zero-order valence-electron chi connectivity index (χ0n) is 14.0. The number of halogens is 3. The molecule has 1 unspecified atom stereocenters. The number of carboxylic acid groups (broad SMARTS) is 1. The molecule has 2 amide bonds. The fourth-order valence-corrected chi connectivity index (χ4v) is 3.61. The predicted octanol–water partition coefficient (Wildman–Crippen LogP) is 3.69. The quantitative estimate of drug-likeness (QED) is 0.822. The molecule has 1 fully saturated rings. The van der Waals surface area contributed by atoms with E-state index in [0.717, 1.165) is 17.0 Å². The molecule has 1 saturated heterocycles. The van der Waals surface area contributed by atoms with Gasteiger partial charge in [-0.1, -0.05) is 12.1 Å². The fraction of sp³-hybridized carbons (Fsp3) is 0.353.